The molecule has 7 nitrogen and oxygen atoms in total. The van der Waals surface area contributed by atoms with Crippen LogP contribution in [-0.2, 0) is 6.18 Å². The van der Waals surface area contributed by atoms with Crippen LogP contribution in [0.15, 0.2) is 48.7 Å². The van der Waals surface area contributed by atoms with Crippen molar-refractivity contribution in [1.82, 2.24) is 20.5 Å². The third kappa shape index (κ3) is 5.12. The first-order chi connectivity index (χ1) is 17.7. The number of benzene rings is 2. The molecule has 1 atom stereocenters. The van der Waals surface area contributed by atoms with Crippen LogP contribution in [0.4, 0.5) is 34.2 Å². The molecule has 0 spiro atoms. The lowest BCUT2D eigenvalue weighted by atomic mass is 10.0. The largest absolute Gasteiger partial charge is 0.445 e. The number of amides is 1. The Labute approximate surface area is 213 Å². The molecule has 0 bridgehead atoms. The molecule has 1 amide bonds. The molecule has 37 heavy (non-hydrogen) atoms. The van der Waals surface area contributed by atoms with E-state index in [0.29, 0.717) is 23.7 Å². The Kier molecular flexibility index (Phi) is 6.78. The van der Waals surface area contributed by atoms with Crippen LogP contribution < -0.4 is 15.5 Å². The van der Waals surface area contributed by atoms with Gasteiger partial charge in [-0.15, -0.1) is 10.2 Å². The standard InChI is InChI=1S/C25H22F4N6OS/c1-14-4-2-5-15-9-11-31-21(20(14)15)35(17-6-3-10-30-13-17)22(36)18-8-7-16(12-19(18)26)32-24-34-33-23(37-24)25(27,28)29/h2,4-5,7-9,11-12,17,30H,3,6,10,13H2,1H3,(H,32,34)/t17-/m1/s1. The van der Waals surface area contributed by atoms with Crippen molar-refractivity contribution in [3.8, 4) is 0 Å². The molecule has 5 rings (SSSR count). The second kappa shape index (κ2) is 10.0. The number of alkyl halides is 3. The number of halogens is 4. The number of carbonyl (C=O) groups is 1. The quantitative estimate of drug-likeness (QED) is 0.323. The number of hydrogen-bond acceptors (Lipinski definition) is 7. The number of hydrogen-bond donors (Lipinski definition) is 2. The maximum Gasteiger partial charge on any atom is 0.445 e. The third-order valence-corrected chi connectivity index (χ3v) is 7.06. The Morgan fingerprint density at radius 2 is 2.03 bits per heavy atom. The number of piperidine rings is 1. The molecule has 1 aliphatic heterocycles. The molecule has 192 valence electrons. The summed E-state index contributed by atoms with van der Waals surface area (Å²) in [6.07, 6.45) is -1.41. The van der Waals surface area contributed by atoms with Crippen LogP contribution in [-0.4, -0.2) is 40.2 Å². The molecular formula is C25H22F4N6OS. The lowest BCUT2D eigenvalue weighted by Gasteiger charge is -2.35. The molecule has 2 N–H and O–H groups in total. The predicted molar refractivity (Wildman–Crippen MR) is 134 cm³/mol. The fraction of sp³-hybridized carbons (Fsp3) is 0.280. The first kappa shape index (κ1) is 25.0. The number of pyridine rings is 1. The van der Waals surface area contributed by atoms with Gasteiger partial charge in [0.25, 0.3) is 5.91 Å². The fourth-order valence-electron chi connectivity index (χ4n) is 4.47. The number of fused-ring (bicyclic) bond motifs is 1. The van der Waals surface area contributed by atoms with Crippen molar-refractivity contribution in [2.75, 3.05) is 23.3 Å². The van der Waals surface area contributed by atoms with Gasteiger partial charge in [0.05, 0.1) is 11.6 Å². The van der Waals surface area contributed by atoms with Crippen LogP contribution >= 0.6 is 11.3 Å². The van der Waals surface area contributed by atoms with Crippen LogP contribution in [0.5, 0.6) is 0 Å². The van der Waals surface area contributed by atoms with Crippen LogP contribution in [0.3, 0.4) is 0 Å². The van der Waals surface area contributed by atoms with Crippen molar-refractivity contribution in [3.05, 3.63) is 70.6 Å². The van der Waals surface area contributed by atoms with Crippen molar-refractivity contribution in [2.45, 2.75) is 32.0 Å². The van der Waals surface area contributed by atoms with Gasteiger partial charge in [0.15, 0.2) is 0 Å². The highest BCUT2D eigenvalue weighted by molar-refractivity contribution is 7.15. The Balaban J connectivity index is 1.49. The molecule has 0 saturated carbocycles. The molecule has 2 aromatic carbocycles. The van der Waals surface area contributed by atoms with Gasteiger partial charge >= 0.3 is 6.18 Å². The number of aryl methyl sites for hydroxylation is 1. The minimum absolute atomic E-state index is 0.142. The summed E-state index contributed by atoms with van der Waals surface area (Å²) in [6, 6.07) is 11.2. The molecule has 1 fully saturated rings. The average molecular weight is 531 g/mol. The van der Waals surface area contributed by atoms with E-state index < -0.39 is 22.9 Å². The van der Waals surface area contributed by atoms with E-state index in [1.165, 1.54) is 12.1 Å². The van der Waals surface area contributed by atoms with Gasteiger partial charge in [0.2, 0.25) is 10.1 Å². The predicted octanol–water partition coefficient (Wildman–Crippen LogP) is 5.70. The van der Waals surface area contributed by atoms with E-state index in [1.807, 2.05) is 31.2 Å². The topological polar surface area (TPSA) is 83.0 Å². The van der Waals surface area contributed by atoms with Crippen molar-refractivity contribution >= 4 is 44.7 Å². The van der Waals surface area contributed by atoms with Gasteiger partial charge in [0.1, 0.15) is 11.6 Å². The summed E-state index contributed by atoms with van der Waals surface area (Å²) in [6.45, 7) is 3.31. The number of aromatic nitrogens is 3. The average Bonchev–Trinajstić information content (AvgIpc) is 3.34. The summed E-state index contributed by atoms with van der Waals surface area (Å²) >= 11 is 0.303. The maximum atomic E-state index is 15.3. The zero-order valence-electron chi connectivity index (χ0n) is 19.6. The summed E-state index contributed by atoms with van der Waals surface area (Å²) in [5, 5.41) is 13.0. The molecule has 0 unspecified atom stereocenters. The van der Waals surface area contributed by atoms with E-state index >= 15 is 4.39 Å². The van der Waals surface area contributed by atoms with E-state index in [4.69, 9.17) is 0 Å². The summed E-state index contributed by atoms with van der Waals surface area (Å²) in [4.78, 5) is 20.0. The van der Waals surface area contributed by atoms with E-state index in [9.17, 15) is 18.0 Å². The van der Waals surface area contributed by atoms with Gasteiger partial charge in [-0.05, 0) is 61.5 Å². The molecular weight excluding hydrogens is 508 g/mol. The Bertz CT molecular complexity index is 1450. The SMILES string of the molecule is Cc1cccc2ccnc(N(C(=O)c3ccc(Nc4nnc(C(F)(F)F)s4)cc3F)[C@@H]3CCCNC3)c12. The van der Waals surface area contributed by atoms with Gasteiger partial charge in [-0.2, -0.15) is 13.2 Å². The molecule has 0 aliphatic carbocycles. The lowest BCUT2D eigenvalue weighted by molar-refractivity contribution is -0.138. The minimum atomic E-state index is -4.62. The van der Waals surface area contributed by atoms with Gasteiger partial charge < -0.3 is 10.6 Å². The molecule has 4 aromatic rings. The van der Waals surface area contributed by atoms with E-state index in [-0.39, 0.29) is 22.4 Å². The number of rotatable bonds is 5. The zero-order chi connectivity index (χ0) is 26.2. The summed E-state index contributed by atoms with van der Waals surface area (Å²) in [5.41, 5.74) is 0.915. The van der Waals surface area contributed by atoms with Crippen molar-refractivity contribution in [2.24, 2.45) is 0 Å². The van der Waals surface area contributed by atoms with Gasteiger partial charge in [-0.3, -0.25) is 9.69 Å². The fourth-order valence-corrected chi connectivity index (χ4v) is 5.10. The van der Waals surface area contributed by atoms with Crippen molar-refractivity contribution in [1.29, 1.82) is 0 Å². The van der Waals surface area contributed by atoms with Gasteiger partial charge in [-0.25, -0.2) is 9.37 Å². The molecule has 1 saturated heterocycles. The van der Waals surface area contributed by atoms with Crippen LogP contribution in [0.25, 0.3) is 10.8 Å². The summed E-state index contributed by atoms with van der Waals surface area (Å²) < 4.78 is 53.7. The number of anilines is 3. The van der Waals surface area contributed by atoms with Crippen molar-refractivity contribution in [3.63, 3.8) is 0 Å². The monoisotopic (exact) mass is 530 g/mol. The minimum Gasteiger partial charge on any atom is -0.330 e. The van der Waals surface area contributed by atoms with Gasteiger partial charge in [-0.1, -0.05) is 29.5 Å². The highest BCUT2D eigenvalue weighted by atomic mass is 32.1. The Hall–Kier alpha value is -3.64. The number of carbonyl (C=O) groups excluding carboxylic acids is 1. The summed E-state index contributed by atoms with van der Waals surface area (Å²) in [7, 11) is 0. The first-order valence-electron chi connectivity index (χ1n) is 11.6. The normalized spacial score (nSPS) is 16.1. The smallest absolute Gasteiger partial charge is 0.330 e. The molecule has 3 heterocycles. The second-order valence-corrected chi connectivity index (χ2v) is 9.69. The second-order valence-electron chi connectivity index (χ2n) is 8.71. The molecule has 1 aliphatic rings. The number of nitrogens with zero attached hydrogens (tertiary/aromatic N) is 4. The lowest BCUT2D eigenvalue weighted by Crippen LogP contribution is -2.49. The van der Waals surface area contributed by atoms with Crippen LogP contribution in [0.1, 0.15) is 33.8 Å². The molecule has 0 radical (unpaired) electrons. The van der Waals surface area contributed by atoms with Crippen LogP contribution in [0.2, 0.25) is 0 Å². The maximum absolute atomic E-state index is 15.3. The highest BCUT2D eigenvalue weighted by Crippen LogP contribution is 2.35. The van der Waals surface area contributed by atoms with E-state index in [2.05, 4.69) is 25.8 Å². The number of nitrogens with one attached hydrogen (secondary N) is 2. The Morgan fingerprint density at radius 3 is 2.73 bits per heavy atom. The van der Waals surface area contributed by atoms with Crippen LogP contribution in [0, 0.1) is 12.7 Å². The highest BCUT2D eigenvalue weighted by Gasteiger charge is 2.36. The molecule has 2 aromatic heterocycles. The summed E-state index contributed by atoms with van der Waals surface area (Å²) in [5.74, 6) is -0.901. The van der Waals surface area contributed by atoms with E-state index in [1.54, 1.807) is 11.1 Å². The van der Waals surface area contributed by atoms with Crippen molar-refractivity contribution < 1.29 is 22.4 Å². The third-order valence-electron chi connectivity index (χ3n) is 6.18. The van der Waals surface area contributed by atoms with Gasteiger partial charge in [0, 0.05) is 23.8 Å². The zero-order valence-corrected chi connectivity index (χ0v) is 20.5. The first-order valence-corrected chi connectivity index (χ1v) is 12.4. The van der Waals surface area contributed by atoms with E-state index in [0.717, 1.165) is 41.8 Å². The molecule has 12 heteroatoms. The Morgan fingerprint density at radius 1 is 1.19 bits per heavy atom.